The summed E-state index contributed by atoms with van der Waals surface area (Å²) in [6.45, 7) is 21.0. The molecule has 0 spiro atoms. The highest BCUT2D eigenvalue weighted by Crippen LogP contribution is 2.35. The predicted octanol–water partition coefficient (Wildman–Crippen LogP) is 6.61. The van der Waals surface area contributed by atoms with Gasteiger partial charge in [0.1, 0.15) is 17.8 Å². The van der Waals surface area contributed by atoms with Crippen molar-refractivity contribution in [3.05, 3.63) is 104 Å². The van der Waals surface area contributed by atoms with Crippen LogP contribution < -0.4 is 20.9 Å². The van der Waals surface area contributed by atoms with Crippen LogP contribution in [0.4, 0.5) is 17.2 Å². The first kappa shape index (κ1) is 29.9. The normalized spacial score (nSPS) is 15.1. The second-order valence-corrected chi connectivity index (χ2v) is 11.6. The molecule has 4 heterocycles. The van der Waals surface area contributed by atoms with E-state index in [1.54, 1.807) is 6.33 Å². The van der Waals surface area contributed by atoms with Crippen molar-refractivity contribution in [2.24, 2.45) is 5.73 Å². The van der Waals surface area contributed by atoms with Crippen LogP contribution in [0.15, 0.2) is 98.1 Å². The minimum absolute atomic E-state index is 0.222. The number of fused-ring (bicyclic) bond motifs is 1. The number of anilines is 3. The molecule has 0 radical (unpaired) electrons. The molecule has 0 bridgehead atoms. The van der Waals surface area contributed by atoms with Crippen molar-refractivity contribution >= 4 is 28.2 Å². The minimum atomic E-state index is -0.222. The number of nitrogens with one attached hydrogen (secondary N) is 2. The maximum atomic E-state index is 5.51. The summed E-state index contributed by atoms with van der Waals surface area (Å²) >= 11 is 0. The third-order valence-corrected chi connectivity index (χ3v) is 8.26. The molecule has 0 amide bonds. The van der Waals surface area contributed by atoms with Crippen LogP contribution >= 0.6 is 0 Å². The van der Waals surface area contributed by atoms with Gasteiger partial charge in [-0.15, -0.1) is 0 Å². The van der Waals surface area contributed by atoms with Gasteiger partial charge in [-0.05, 0) is 60.4 Å². The lowest BCUT2D eigenvalue weighted by Gasteiger charge is -2.30. The Morgan fingerprint density at radius 3 is 2.35 bits per heavy atom. The van der Waals surface area contributed by atoms with Crippen LogP contribution in [0.2, 0.25) is 0 Å². The van der Waals surface area contributed by atoms with Gasteiger partial charge >= 0.3 is 0 Å². The lowest BCUT2D eigenvalue weighted by molar-refractivity contribution is 0.122. The Hall–Kier alpha value is -4.56. The van der Waals surface area contributed by atoms with Gasteiger partial charge in [0, 0.05) is 60.1 Å². The molecule has 2 aromatic heterocycles. The van der Waals surface area contributed by atoms with E-state index in [1.165, 1.54) is 30.2 Å². The molecule has 0 unspecified atom stereocenters. The number of ether oxygens (including phenoxy) is 1. The number of aromatic nitrogens is 3. The molecule has 0 atom stereocenters. The van der Waals surface area contributed by atoms with Crippen molar-refractivity contribution in [2.45, 2.75) is 32.1 Å². The van der Waals surface area contributed by atoms with E-state index in [0.29, 0.717) is 5.70 Å². The summed E-state index contributed by atoms with van der Waals surface area (Å²) in [6, 6.07) is 19.5. The van der Waals surface area contributed by atoms with Gasteiger partial charge in [-0.1, -0.05) is 57.8 Å². The molecule has 2 saturated heterocycles. The summed E-state index contributed by atoms with van der Waals surface area (Å²) in [5.41, 5.74) is 12.8. The maximum Gasteiger partial charge on any atom is 0.143 e. The largest absolute Gasteiger partial charge is 0.399 e. The van der Waals surface area contributed by atoms with Crippen LogP contribution in [0, 0.1) is 0 Å². The molecule has 0 aliphatic carbocycles. The molecule has 4 N–H and O–H groups in total. The molecule has 8 nitrogen and oxygen atoms in total. The summed E-state index contributed by atoms with van der Waals surface area (Å²) in [5, 5.41) is 4.61. The molecule has 0 saturated carbocycles. The number of aromatic amines is 1. The maximum absolute atomic E-state index is 5.51. The van der Waals surface area contributed by atoms with E-state index in [0.717, 1.165) is 78.9 Å². The van der Waals surface area contributed by atoms with Gasteiger partial charge in [0.25, 0.3) is 0 Å². The number of nitrogens with zero attached hydrogens (tertiary/aromatic N) is 4. The molecule has 2 aromatic carbocycles. The first-order valence-corrected chi connectivity index (χ1v) is 14.9. The zero-order chi connectivity index (χ0) is 30.4. The molecule has 6 rings (SSSR count). The summed E-state index contributed by atoms with van der Waals surface area (Å²) in [4.78, 5) is 17.3. The molecule has 4 aromatic rings. The van der Waals surface area contributed by atoms with Crippen molar-refractivity contribution in [3.8, 4) is 11.3 Å². The van der Waals surface area contributed by atoms with Crippen LogP contribution in [0.25, 0.3) is 22.3 Å². The fraction of sp³-hybridized carbons (Fsp3) is 0.314. The van der Waals surface area contributed by atoms with Gasteiger partial charge in [-0.3, -0.25) is 0 Å². The van der Waals surface area contributed by atoms with E-state index in [9.17, 15) is 0 Å². The predicted molar refractivity (Wildman–Crippen MR) is 180 cm³/mol. The van der Waals surface area contributed by atoms with E-state index in [2.05, 4.69) is 118 Å². The van der Waals surface area contributed by atoms with Crippen LogP contribution in [-0.4, -0.2) is 54.3 Å². The van der Waals surface area contributed by atoms with Crippen molar-refractivity contribution in [1.29, 1.82) is 0 Å². The molecule has 2 aliphatic rings. The van der Waals surface area contributed by atoms with Crippen LogP contribution in [0.5, 0.6) is 0 Å². The molecule has 224 valence electrons. The molecular weight excluding hydrogens is 534 g/mol. The average molecular weight is 578 g/mol. The highest BCUT2D eigenvalue weighted by atomic mass is 16.5. The molecule has 8 heteroatoms. The number of nitrogens with two attached hydrogens (primary N) is 1. The first-order valence-electron chi connectivity index (χ1n) is 14.9. The molecule has 43 heavy (non-hydrogen) atoms. The highest BCUT2D eigenvalue weighted by molar-refractivity contribution is 5.92. The third kappa shape index (κ3) is 6.92. The topological polar surface area (TPSA) is 95.3 Å². The summed E-state index contributed by atoms with van der Waals surface area (Å²) in [7, 11) is 0. The third-order valence-electron chi connectivity index (χ3n) is 8.26. The summed E-state index contributed by atoms with van der Waals surface area (Å²) < 4.78 is 5.51. The summed E-state index contributed by atoms with van der Waals surface area (Å²) in [6.07, 6.45) is 5.69. The Bertz CT molecular complexity index is 1580. The lowest BCUT2D eigenvalue weighted by atomic mass is 9.81. The van der Waals surface area contributed by atoms with E-state index < -0.39 is 0 Å². The standard InChI is InChI=1S/C31H36N6O.C4H7N/c1-22(31(2,3)24-7-6-8-26(19-24)36-13-4-5-14-36)34-25-11-9-23(10-12-25)28-20-27-29(35-28)32-21-33-30(27)37-15-17-38-18-16-37;1-3-4(2)5/h6-12,19-21,34H,1,4-5,13-18H2,2-3H3,(H,32,33,35);3H,1-2,5H2. The Balaban J connectivity index is 0.000000682. The monoisotopic (exact) mass is 577 g/mol. The number of morpholine rings is 1. The van der Waals surface area contributed by atoms with E-state index in [-0.39, 0.29) is 5.41 Å². The zero-order valence-electron chi connectivity index (χ0n) is 25.4. The summed E-state index contributed by atoms with van der Waals surface area (Å²) in [5.74, 6) is 0.964. The van der Waals surface area contributed by atoms with Crippen molar-refractivity contribution in [2.75, 3.05) is 54.5 Å². The van der Waals surface area contributed by atoms with Crippen molar-refractivity contribution in [1.82, 2.24) is 15.0 Å². The van der Waals surface area contributed by atoms with Crippen molar-refractivity contribution < 1.29 is 4.74 Å². The van der Waals surface area contributed by atoms with E-state index in [1.807, 2.05) is 0 Å². The molecular formula is C35H43N7O. The Morgan fingerprint density at radius 1 is 0.977 bits per heavy atom. The number of rotatable bonds is 8. The van der Waals surface area contributed by atoms with Gasteiger partial charge in [-0.25, -0.2) is 9.97 Å². The van der Waals surface area contributed by atoms with E-state index >= 15 is 0 Å². The van der Waals surface area contributed by atoms with Crippen LogP contribution in [0.3, 0.4) is 0 Å². The van der Waals surface area contributed by atoms with Gasteiger partial charge in [0.05, 0.1) is 18.6 Å². The fourth-order valence-electron chi connectivity index (χ4n) is 5.41. The number of hydrogen-bond acceptors (Lipinski definition) is 7. The van der Waals surface area contributed by atoms with Gasteiger partial charge in [0.15, 0.2) is 0 Å². The number of benzene rings is 2. The average Bonchev–Trinajstić information content (AvgIpc) is 3.73. The van der Waals surface area contributed by atoms with E-state index in [4.69, 9.17) is 10.5 Å². The SMILES string of the molecule is C=C(Nc1ccc(-c2cc3c(N4CCOCC4)ncnc3[nH]2)cc1)C(C)(C)c1cccc(N2CCCC2)c1.C=CC(=C)N. The second-order valence-electron chi connectivity index (χ2n) is 11.6. The van der Waals surface area contributed by atoms with Crippen LogP contribution in [-0.2, 0) is 10.2 Å². The van der Waals surface area contributed by atoms with Gasteiger partial charge < -0.3 is 30.6 Å². The Morgan fingerprint density at radius 2 is 1.67 bits per heavy atom. The number of hydrogen-bond donors (Lipinski definition) is 3. The van der Waals surface area contributed by atoms with Crippen LogP contribution in [0.1, 0.15) is 32.3 Å². The highest BCUT2D eigenvalue weighted by Gasteiger charge is 2.26. The smallest absolute Gasteiger partial charge is 0.143 e. The molecule has 2 fully saturated rings. The quantitative estimate of drug-likeness (QED) is 0.203. The Kier molecular flexibility index (Phi) is 9.16. The van der Waals surface area contributed by atoms with Crippen molar-refractivity contribution in [3.63, 3.8) is 0 Å². The number of H-pyrrole nitrogens is 1. The lowest BCUT2D eigenvalue weighted by Crippen LogP contribution is -2.36. The first-order chi connectivity index (χ1) is 20.8. The Labute approximate surface area is 255 Å². The van der Waals surface area contributed by atoms with Gasteiger partial charge in [-0.2, -0.15) is 0 Å². The van der Waals surface area contributed by atoms with Gasteiger partial charge in [0.2, 0.25) is 0 Å². The number of allylic oxidation sites excluding steroid dienone is 2. The molecule has 2 aliphatic heterocycles. The fourth-order valence-corrected chi connectivity index (χ4v) is 5.41. The second kappa shape index (κ2) is 13.2. The zero-order valence-corrected chi connectivity index (χ0v) is 25.4. The minimum Gasteiger partial charge on any atom is -0.399 e.